The molecule has 1 aliphatic rings. The van der Waals surface area contributed by atoms with E-state index in [1.165, 1.54) is 4.90 Å². The van der Waals surface area contributed by atoms with Crippen molar-refractivity contribution in [3.8, 4) is 0 Å². The van der Waals surface area contributed by atoms with Gasteiger partial charge in [0.2, 0.25) is 5.91 Å². The van der Waals surface area contributed by atoms with Gasteiger partial charge in [0.15, 0.2) is 0 Å². The molecule has 4 nitrogen and oxygen atoms in total. The number of para-hydroxylation sites is 2. The molecule has 134 valence electrons. The zero-order valence-corrected chi connectivity index (χ0v) is 15.5. The van der Waals surface area contributed by atoms with E-state index in [0.717, 1.165) is 48.4 Å². The number of imidazole rings is 1. The average Bonchev–Trinajstić information content (AvgIpc) is 3.32. The molecule has 26 heavy (non-hydrogen) atoms. The number of nitrogens with one attached hydrogen (secondary N) is 1. The molecule has 1 unspecified atom stereocenters. The molecule has 1 saturated heterocycles. The topological polar surface area (TPSA) is 49.0 Å². The summed E-state index contributed by atoms with van der Waals surface area (Å²) in [6.45, 7) is 0.840. The summed E-state index contributed by atoms with van der Waals surface area (Å²) in [4.78, 5) is 24.1. The highest BCUT2D eigenvalue weighted by atomic mass is 32.2. The fraction of sp³-hybridized carbons (Fsp3) is 0.333. The second-order valence-corrected chi connectivity index (χ2v) is 7.82. The fourth-order valence-electron chi connectivity index (χ4n) is 3.55. The van der Waals surface area contributed by atoms with E-state index in [1.54, 1.807) is 0 Å². The van der Waals surface area contributed by atoms with Gasteiger partial charge in [-0.05, 0) is 49.3 Å². The van der Waals surface area contributed by atoms with Gasteiger partial charge >= 0.3 is 0 Å². The Labute approximate surface area is 158 Å². The van der Waals surface area contributed by atoms with Crippen LogP contribution < -0.4 is 0 Å². The Kier molecular flexibility index (Phi) is 5.25. The number of carbonyl (C=O) groups excluding carboxylic acids is 1. The largest absolute Gasteiger partial charge is 0.340 e. The van der Waals surface area contributed by atoms with Crippen LogP contribution in [0.25, 0.3) is 11.0 Å². The maximum Gasteiger partial charge on any atom is 0.223 e. The van der Waals surface area contributed by atoms with Crippen molar-refractivity contribution in [3.63, 3.8) is 0 Å². The Morgan fingerprint density at radius 1 is 1.15 bits per heavy atom. The third-order valence-electron chi connectivity index (χ3n) is 4.84. The van der Waals surface area contributed by atoms with Gasteiger partial charge in [-0.3, -0.25) is 4.79 Å². The monoisotopic (exact) mass is 365 g/mol. The van der Waals surface area contributed by atoms with Crippen molar-refractivity contribution in [3.05, 3.63) is 60.4 Å². The SMILES string of the molecule is O=C(CCCSc1ccccc1)N1CCCC1c1nc2ccccc2[nH]1. The summed E-state index contributed by atoms with van der Waals surface area (Å²) in [6, 6.07) is 18.5. The normalized spacial score (nSPS) is 17.1. The summed E-state index contributed by atoms with van der Waals surface area (Å²) in [5.41, 5.74) is 2.02. The highest BCUT2D eigenvalue weighted by Crippen LogP contribution is 2.32. The number of nitrogens with zero attached hydrogens (tertiary/aromatic N) is 2. The lowest BCUT2D eigenvalue weighted by Crippen LogP contribution is -2.31. The molecule has 0 aliphatic carbocycles. The maximum atomic E-state index is 12.7. The number of hydrogen-bond donors (Lipinski definition) is 1. The van der Waals surface area contributed by atoms with E-state index in [9.17, 15) is 4.79 Å². The van der Waals surface area contributed by atoms with E-state index in [2.05, 4.69) is 29.2 Å². The fourth-order valence-corrected chi connectivity index (χ4v) is 4.43. The number of thioether (sulfide) groups is 1. The summed E-state index contributed by atoms with van der Waals surface area (Å²) in [6.07, 6.45) is 3.55. The van der Waals surface area contributed by atoms with Crippen molar-refractivity contribution < 1.29 is 4.79 Å². The van der Waals surface area contributed by atoms with Gasteiger partial charge in [0.1, 0.15) is 5.82 Å². The van der Waals surface area contributed by atoms with Crippen LogP contribution in [-0.2, 0) is 4.79 Å². The van der Waals surface area contributed by atoms with Crippen LogP contribution in [0.1, 0.15) is 37.5 Å². The number of hydrogen-bond acceptors (Lipinski definition) is 3. The number of aromatic nitrogens is 2. The van der Waals surface area contributed by atoms with Gasteiger partial charge in [0, 0.05) is 17.9 Å². The maximum absolute atomic E-state index is 12.7. The van der Waals surface area contributed by atoms with Crippen LogP contribution in [0, 0.1) is 0 Å². The number of fused-ring (bicyclic) bond motifs is 1. The minimum absolute atomic E-state index is 0.0941. The molecule has 1 amide bonds. The third-order valence-corrected chi connectivity index (χ3v) is 5.94. The number of benzene rings is 2. The standard InChI is InChI=1S/C21H23N3OS/c25-20(13-7-15-26-16-8-2-1-3-9-16)24-14-6-12-19(24)21-22-17-10-4-5-11-18(17)23-21/h1-5,8-11,19H,6-7,12-15H2,(H,22,23). The van der Waals surface area contributed by atoms with Gasteiger partial charge in [-0.2, -0.15) is 0 Å². The Morgan fingerprint density at radius 3 is 2.81 bits per heavy atom. The number of aromatic amines is 1. The van der Waals surface area contributed by atoms with Crippen molar-refractivity contribution >= 4 is 28.7 Å². The van der Waals surface area contributed by atoms with Crippen LogP contribution in [0.15, 0.2) is 59.5 Å². The minimum atomic E-state index is 0.0941. The molecule has 1 aliphatic heterocycles. The predicted octanol–water partition coefficient (Wildman–Crippen LogP) is 4.80. The zero-order valence-electron chi connectivity index (χ0n) is 14.7. The highest BCUT2D eigenvalue weighted by Gasteiger charge is 2.31. The van der Waals surface area contributed by atoms with Crippen molar-refractivity contribution in [2.75, 3.05) is 12.3 Å². The van der Waals surface area contributed by atoms with Crippen LogP contribution in [-0.4, -0.2) is 33.1 Å². The van der Waals surface area contributed by atoms with Crippen molar-refractivity contribution in [2.45, 2.75) is 36.6 Å². The number of carbonyl (C=O) groups is 1. The van der Waals surface area contributed by atoms with Gasteiger partial charge < -0.3 is 9.88 Å². The molecular formula is C21H23N3OS. The van der Waals surface area contributed by atoms with Crippen LogP contribution in [0.3, 0.4) is 0 Å². The first-order chi connectivity index (χ1) is 12.8. The van der Waals surface area contributed by atoms with Crippen molar-refractivity contribution in [1.29, 1.82) is 0 Å². The second-order valence-electron chi connectivity index (χ2n) is 6.65. The molecule has 5 heteroatoms. The van der Waals surface area contributed by atoms with Crippen LogP contribution in [0.2, 0.25) is 0 Å². The Bertz CT molecular complexity index is 844. The van der Waals surface area contributed by atoms with E-state index in [0.29, 0.717) is 6.42 Å². The second kappa shape index (κ2) is 7.96. The third kappa shape index (κ3) is 3.78. The van der Waals surface area contributed by atoms with Gasteiger partial charge in [-0.1, -0.05) is 30.3 Å². The number of likely N-dealkylation sites (tertiary alicyclic amines) is 1. The summed E-state index contributed by atoms with van der Waals surface area (Å²) in [5.74, 6) is 2.15. The predicted molar refractivity (Wildman–Crippen MR) is 106 cm³/mol. The van der Waals surface area contributed by atoms with E-state index in [4.69, 9.17) is 4.98 Å². The van der Waals surface area contributed by atoms with Gasteiger partial charge in [-0.15, -0.1) is 11.8 Å². The number of amides is 1. The Balaban J connectivity index is 1.34. The lowest BCUT2D eigenvalue weighted by atomic mass is 10.2. The molecule has 1 fully saturated rings. The molecule has 0 saturated carbocycles. The minimum Gasteiger partial charge on any atom is -0.340 e. The number of H-pyrrole nitrogens is 1. The first kappa shape index (κ1) is 17.2. The summed E-state index contributed by atoms with van der Waals surface area (Å²) in [5, 5.41) is 0. The molecule has 2 aromatic carbocycles. The van der Waals surface area contributed by atoms with E-state index < -0.39 is 0 Å². The smallest absolute Gasteiger partial charge is 0.223 e. The quantitative estimate of drug-likeness (QED) is 0.504. The molecule has 1 N–H and O–H groups in total. The van der Waals surface area contributed by atoms with E-state index in [1.807, 2.05) is 47.0 Å². The molecule has 0 spiro atoms. The van der Waals surface area contributed by atoms with Crippen molar-refractivity contribution in [2.24, 2.45) is 0 Å². The molecule has 3 aromatic rings. The Hall–Kier alpha value is -2.27. The van der Waals surface area contributed by atoms with Crippen LogP contribution >= 0.6 is 11.8 Å². The average molecular weight is 366 g/mol. The Morgan fingerprint density at radius 2 is 1.96 bits per heavy atom. The molecular weight excluding hydrogens is 342 g/mol. The van der Waals surface area contributed by atoms with Gasteiger partial charge in [0.25, 0.3) is 0 Å². The first-order valence-electron chi connectivity index (χ1n) is 9.23. The summed E-state index contributed by atoms with van der Waals surface area (Å²) in [7, 11) is 0. The lowest BCUT2D eigenvalue weighted by Gasteiger charge is -2.23. The van der Waals surface area contributed by atoms with Gasteiger partial charge in [0.05, 0.1) is 17.1 Å². The molecule has 4 rings (SSSR count). The van der Waals surface area contributed by atoms with Gasteiger partial charge in [-0.25, -0.2) is 4.98 Å². The number of rotatable bonds is 6. The lowest BCUT2D eigenvalue weighted by molar-refractivity contribution is -0.132. The molecule has 0 radical (unpaired) electrons. The van der Waals surface area contributed by atoms with Crippen molar-refractivity contribution in [1.82, 2.24) is 14.9 Å². The van der Waals surface area contributed by atoms with E-state index >= 15 is 0 Å². The molecule has 2 heterocycles. The first-order valence-corrected chi connectivity index (χ1v) is 10.2. The van der Waals surface area contributed by atoms with Crippen LogP contribution in [0.5, 0.6) is 0 Å². The molecule has 0 bridgehead atoms. The summed E-state index contributed by atoms with van der Waals surface area (Å²) >= 11 is 1.82. The van der Waals surface area contributed by atoms with Crippen LogP contribution in [0.4, 0.5) is 0 Å². The van der Waals surface area contributed by atoms with E-state index in [-0.39, 0.29) is 11.9 Å². The molecule has 1 aromatic heterocycles. The highest BCUT2D eigenvalue weighted by molar-refractivity contribution is 7.99. The molecule has 1 atom stereocenters. The zero-order chi connectivity index (χ0) is 17.8. The summed E-state index contributed by atoms with van der Waals surface area (Å²) < 4.78 is 0.